The van der Waals surface area contributed by atoms with Gasteiger partial charge in [0.2, 0.25) is 0 Å². The molecule has 2 nitrogen and oxygen atoms in total. The molecule has 0 unspecified atom stereocenters. The minimum absolute atomic E-state index is 0.0292. The summed E-state index contributed by atoms with van der Waals surface area (Å²) in [6.45, 7) is 1.92. The van der Waals surface area contributed by atoms with Crippen molar-refractivity contribution in [1.29, 1.82) is 0 Å². The molecule has 4 heteroatoms. The van der Waals surface area contributed by atoms with Gasteiger partial charge in [0, 0.05) is 15.6 Å². The number of hydrogen-bond donors (Lipinski definition) is 1. The topological polar surface area (TPSA) is 29.1 Å². The van der Waals surface area contributed by atoms with E-state index < -0.39 is 0 Å². The molecule has 1 amide bonds. The van der Waals surface area contributed by atoms with Gasteiger partial charge in [-0.15, -0.1) is 11.3 Å². The van der Waals surface area contributed by atoms with E-state index in [0.29, 0.717) is 5.02 Å². The van der Waals surface area contributed by atoms with Gasteiger partial charge < -0.3 is 5.32 Å². The van der Waals surface area contributed by atoms with Crippen molar-refractivity contribution in [2.75, 3.05) is 5.32 Å². The normalized spacial score (nSPS) is 14.4. The van der Waals surface area contributed by atoms with E-state index in [2.05, 4.69) is 11.4 Å². The summed E-state index contributed by atoms with van der Waals surface area (Å²) in [5, 5.41) is 3.65. The van der Waals surface area contributed by atoms with E-state index in [0.717, 1.165) is 29.0 Å². The lowest BCUT2D eigenvalue weighted by Gasteiger charge is -2.08. The highest BCUT2D eigenvalue weighted by molar-refractivity contribution is 7.14. The number of halogens is 1. The fraction of sp³-hybridized carbons (Fsp3) is 0.353. The molecule has 0 atom stereocenters. The van der Waals surface area contributed by atoms with Crippen molar-refractivity contribution >= 4 is 34.5 Å². The molecule has 2 aromatic rings. The largest absolute Gasteiger partial charge is 0.321 e. The molecule has 3 rings (SSSR count). The Labute approximate surface area is 134 Å². The van der Waals surface area contributed by atoms with Crippen molar-refractivity contribution < 1.29 is 4.79 Å². The Kier molecular flexibility index (Phi) is 4.32. The van der Waals surface area contributed by atoms with Gasteiger partial charge in [0.1, 0.15) is 0 Å². The van der Waals surface area contributed by atoms with Gasteiger partial charge in [0.15, 0.2) is 0 Å². The van der Waals surface area contributed by atoms with E-state index in [1.807, 2.05) is 25.1 Å². The van der Waals surface area contributed by atoms with Gasteiger partial charge in [-0.1, -0.05) is 24.1 Å². The lowest BCUT2D eigenvalue weighted by molar-refractivity contribution is 0.103. The van der Waals surface area contributed by atoms with Crippen LogP contribution < -0.4 is 5.32 Å². The Morgan fingerprint density at radius 3 is 2.90 bits per heavy atom. The molecule has 1 heterocycles. The first-order chi connectivity index (χ1) is 10.1. The van der Waals surface area contributed by atoms with Gasteiger partial charge >= 0.3 is 0 Å². The Balaban J connectivity index is 1.81. The van der Waals surface area contributed by atoms with Gasteiger partial charge in [-0.25, -0.2) is 0 Å². The third-order valence-corrected chi connectivity index (χ3v) is 5.63. The van der Waals surface area contributed by atoms with Crippen LogP contribution in [-0.4, -0.2) is 5.91 Å². The van der Waals surface area contributed by atoms with E-state index in [1.165, 1.54) is 29.7 Å². The average molecular weight is 320 g/mol. The fourth-order valence-corrected chi connectivity index (χ4v) is 4.03. The summed E-state index contributed by atoms with van der Waals surface area (Å²) in [5.74, 6) is -0.0292. The van der Waals surface area contributed by atoms with E-state index in [1.54, 1.807) is 11.3 Å². The number of fused-ring (bicyclic) bond motifs is 1. The molecule has 1 N–H and O–H groups in total. The third kappa shape index (κ3) is 3.14. The lowest BCUT2D eigenvalue weighted by Crippen LogP contribution is -2.11. The number of nitrogens with one attached hydrogen (secondary N) is 1. The summed E-state index contributed by atoms with van der Waals surface area (Å²) in [4.78, 5) is 14.6. The number of anilines is 1. The fourth-order valence-electron chi connectivity index (χ4n) is 2.71. The highest BCUT2D eigenvalue weighted by Crippen LogP contribution is 2.30. The average Bonchev–Trinajstić information content (AvgIpc) is 2.75. The molecular formula is C17H18ClNOS. The number of benzene rings is 1. The second-order valence-electron chi connectivity index (χ2n) is 5.49. The Morgan fingerprint density at radius 1 is 1.24 bits per heavy atom. The monoisotopic (exact) mass is 319 g/mol. The van der Waals surface area contributed by atoms with Crippen LogP contribution >= 0.6 is 22.9 Å². The maximum absolute atomic E-state index is 12.4. The number of rotatable bonds is 2. The zero-order valence-electron chi connectivity index (χ0n) is 12.0. The molecule has 1 aliphatic carbocycles. The number of amides is 1. The molecule has 1 aliphatic rings. The maximum atomic E-state index is 12.4. The van der Waals surface area contributed by atoms with E-state index in [-0.39, 0.29) is 5.91 Å². The third-order valence-electron chi connectivity index (χ3n) is 3.99. The molecule has 1 aromatic carbocycles. The molecule has 110 valence electrons. The molecule has 21 heavy (non-hydrogen) atoms. The lowest BCUT2D eigenvalue weighted by atomic mass is 10.1. The smallest absolute Gasteiger partial charge is 0.265 e. The van der Waals surface area contributed by atoms with E-state index >= 15 is 0 Å². The van der Waals surface area contributed by atoms with Crippen molar-refractivity contribution in [1.82, 2.24) is 0 Å². The van der Waals surface area contributed by atoms with Crippen molar-refractivity contribution in [2.45, 2.75) is 39.0 Å². The van der Waals surface area contributed by atoms with E-state index in [9.17, 15) is 4.79 Å². The summed E-state index contributed by atoms with van der Waals surface area (Å²) in [6.07, 6.45) is 5.99. The molecule has 0 aliphatic heterocycles. The standard InChI is InChI=1S/C17H18ClNOS/c1-11-13(18)7-5-8-14(11)19-17(20)16-10-12-6-3-2-4-9-15(12)21-16/h5,7-8,10H,2-4,6,9H2,1H3,(H,19,20). The van der Waals surface area contributed by atoms with Crippen LogP contribution in [-0.2, 0) is 12.8 Å². The number of thiophene rings is 1. The summed E-state index contributed by atoms with van der Waals surface area (Å²) < 4.78 is 0. The Bertz CT molecular complexity index is 654. The predicted octanol–water partition coefficient (Wildman–Crippen LogP) is 5.23. The molecule has 0 spiro atoms. The van der Waals surface area contributed by atoms with Crippen LogP contribution in [0.2, 0.25) is 5.02 Å². The molecule has 0 radical (unpaired) electrons. The molecule has 1 aromatic heterocycles. The Morgan fingerprint density at radius 2 is 2.05 bits per heavy atom. The van der Waals surface area contributed by atoms with E-state index in [4.69, 9.17) is 11.6 Å². The summed E-state index contributed by atoms with van der Waals surface area (Å²) >= 11 is 7.74. The highest BCUT2D eigenvalue weighted by atomic mass is 35.5. The van der Waals surface area contributed by atoms with Crippen LogP contribution in [0.4, 0.5) is 5.69 Å². The van der Waals surface area contributed by atoms with Crippen molar-refractivity contribution in [3.8, 4) is 0 Å². The number of aryl methyl sites for hydroxylation is 2. The van der Waals surface area contributed by atoms with Crippen molar-refractivity contribution in [3.63, 3.8) is 0 Å². The van der Waals surface area contributed by atoms with Crippen molar-refractivity contribution in [3.05, 3.63) is 50.2 Å². The molecular weight excluding hydrogens is 302 g/mol. The number of hydrogen-bond acceptors (Lipinski definition) is 2. The second kappa shape index (κ2) is 6.20. The number of carbonyl (C=O) groups excluding carboxylic acids is 1. The van der Waals surface area contributed by atoms with Gasteiger partial charge in [-0.3, -0.25) is 4.79 Å². The summed E-state index contributed by atoms with van der Waals surface area (Å²) in [7, 11) is 0. The van der Waals surface area contributed by atoms with Crippen LogP contribution in [0.3, 0.4) is 0 Å². The first-order valence-corrected chi connectivity index (χ1v) is 8.52. The minimum atomic E-state index is -0.0292. The van der Waals surface area contributed by atoms with Gasteiger partial charge in [-0.2, -0.15) is 0 Å². The van der Waals surface area contributed by atoms with Crippen LogP contribution in [0.5, 0.6) is 0 Å². The first-order valence-electron chi connectivity index (χ1n) is 7.33. The number of carbonyl (C=O) groups is 1. The van der Waals surface area contributed by atoms with Crippen molar-refractivity contribution in [2.24, 2.45) is 0 Å². The van der Waals surface area contributed by atoms with Crippen LogP contribution in [0.15, 0.2) is 24.3 Å². The van der Waals surface area contributed by atoms with Gasteiger partial charge in [-0.05, 0) is 61.9 Å². The van der Waals surface area contributed by atoms with Gasteiger partial charge in [0.05, 0.1) is 4.88 Å². The zero-order valence-corrected chi connectivity index (χ0v) is 13.6. The quantitative estimate of drug-likeness (QED) is 0.754. The first kappa shape index (κ1) is 14.6. The van der Waals surface area contributed by atoms with Gasteiger partial charge in [0.25, 0.3) is 5.91 Å². The summed E-state index contributed by atoms with van der Waals surface area (Å²) in [5.41, 5.74) is 3.06. The second-order valence-corrected chi connectivity index (χ2v) is 7.03. The van der Waals surface area contributed by atoms with Crippen LogP contribution in [0.25, 0.3) is 0 Å². The maximum Gasteiger partial charge on any atom is 0.265 e. The zero-order chi connectivity index (χ0) is 14.8. The van der Waals surface area contributed by atoms with Crippen LogP contribution in [0, 0.1) is 6.92 Å². The highest BCUT2D eigenvalue weighted by Gasteiger charge is 2.17. The minimum Gasteiger partial charge on any atom is -0.321 e. The van der Waals surface area contributed by atoms with Crippen LogP contribution in [0.1, 0.15) is 44.9 Å². The molecule has 0 fully saturated rings. The predicted molar refractivity (Wildman–Crippen MR) is 89.7 cm³/mol. The SMILES string of the molecule is Cc1c(Cl)cccc1NC(=O)c1cc2c(s1)CCCCC2. The summed E-state index contributed by atoms with van der Waals surface area (Å²) in [6, 6.07) is 7.65. The molecule has 0 saturated carbocycles. The molecule has 0 bridgehead atoms. The Hall–Kier alpha value is -1.32. The molecule has 0 saturated heterocycles.